The third kappa shape index (κ3) is 27.5. The molecule has 22 N–H and O–H groups in total. The highest BCUT2D eigenvalue weighted by atomic mass is 16.7. The first kappa shape index (κ1) is 85.0. The number of aliphatic hydroxyl groups excluding tert-OH is 15. The van der Waals surface area contributed by atoms with E-state index in [0.29, 0.717) is 24.8 Å². The fourth-order valence-corrected chi connectivity index (χ4v) is 10.8. The van der Waals surface area contributed by atoms with Gasteiger partial charge < -0.3 is 156 Å². The molecular weight excluding hydrogens is 1340 g/mol. The fourth-order valence-electron chi connectivity index (χ4n) is 10.8. The van der Waals surface area contributed by atoms with E-state index in [1.165, 1.54) is 11.8 Å². The maximum Gasteiger partial charge on any atom is 0.408 e. The van der Waals surface area contributed by atoms with Gasteiger partial charge >= 0.3 is 6.09 Å². The topological polar surface area (TPSA) is 593 Å². The fraction of sp³-hybridized carbons (Fsp3) is 0.787. The van der Waals surface area contributed by atoms with Crippen LogP contribution in [0.3, 0.4) is 0 Å². The molecule has 0 unspecified atom stereocenters. The van der Waals surface area contributed by atoms with Crippen molar-refractivity contribution in [2.24, 2.45) is 0 Å². The van der Waals surface area contributed by atoms with Crippen LogP contribution in [0.5, 0.6) is 0 Å². The number of aliphatic hydroxyl groups is 15. The highest BCUT2D eigenvalue weighted by Crippen LogP contribution is 2.26. The smallest absolute Gasteiger partial charge is 0.408 e. The molecule has 5 rings (SSSR count). The number of hydrogen-bond donors (Lipinski definition) is 22. The lowest BCUT2D eigenvalue weighted by Crippen LogP contribution is -2.59. The summed E-state index contributed by atoms with van der Waals surface area (Å²) in [6, 6.07) is 6.08. The number of carbonyl (C=O) groups excluding carboxylic acids is 7. The SMILES string of the molecule is C[C@@H]1O[C@@H](OCCNC(=O)CCCCCNC(=O)[C@H](CCC(=O)NCCCC[C@@H](C(=O)NCCO[C@H]2O[C@H](CO)[C@@H](O)[C@H](O)[C@@H]2O)N(CC(=O)NCCO[C@H]2O[C@H](CO)[C@@H](O)[C@H](O)[C@@H]2O)CC(=O)NCCO[C@H]2O[C@H](CO)[C@@H](O)[C@H](O)[C@@H]2O)NC(=O)OCc2ccccc2)[C@@H](O)[C@H](O)[C@@H]1O. The maximum absolute atomic E-state index is 14.3. The van der Waals surface area contributed by atoms with Crippen LogP contribution in [0.15, 0.2) is 30.3 Å². The Bertz CT molecular complexity index is 2540. The number of unbranched alkanes of at least 4 members (excludes halogenated alkanes) is 3. The number of carbonyl (C=O) groups is 7. The predicted octanol–water partition coefficient (Wildman–Crippen LogP) is -10.5. The molecule has 4 fully saturated rings. The van der Waals surface area contributed by atoms with Gasteiger partial charge in [-0.05, 0) is 51.0 Å². The van der Waals surface area contributed by atoms with Crippen molar-refractivity contribution in [1.29, 1.82) is 0 Å². The molecule has 1 aromatic rings. The number of nitrogens with one attached hydrogen (secondary N) is 7. The first-order chi connectivity index (χ1) is 47.8. The van der Waals surface area contributed by atoms with E-state index in [4.69, 9.17) is 42.6 Å². The van der Waals surface area contributed by atoms with E-state index in [2.05, 4.69) is 37.2 Å². The van der Waals surface area contributed by atoms with Crippen LogP contribution >= 0.6 is 0 Å². The summed E-state index contributed by atoms with van der Waals surface area (Å²) in [5.41, 5.74) is 0.661. The zero-order valence-electron chi connectivity index (χ0n) is 55.5. The number of benzene rings is 1. The van der Waals surface area contributed by atoms with Crippen LogP contribution in [0.25, 0.3) is 0 Å². The molecule has 0 aromatic heterocycles. The van der Waals surface area contributed by atoms with Gasteiger partial charge in [-0.25, -0.2) is 4.79 Å². The molecule has 4 heterocycles. The van der Waals surface area contributed by atoms with E-state index >= 15 is 0 Å². The van der Waals surface area contributed by atoms with Gasteiger partial charge in [-0.1, -0.05) is 36.8 Å². The van der Waals surface area contributed by atoms with Crippen LogP contribution in [-0.4, -0.2) is 357 Å². The van der Waals surface area contributed by atoms with Crippen LogP contribution in [0.1, 0.15) is 70.3 Å². The second-order valence-corrected chi connectivity index (χ2v) is 24.3. The van der Waals surface area contributed by atoms with Gasteiger partial charge in [0.2, 0.25) is 35.4 Å². The molecule has 1 aromatic carbocycles. The number of alkyl carbamates (subject to hydrolysis) is 1. The lowest BCUT2D eigenvalue weighted by Gasteiger charge is -2.39. The monoisotopic (exact) mass is 1440 g/mol. The average Bonchev–Trinajstić information content (AvgIpc) is 0.840. The summed E-state index contributed by atoms with van der Waals surface area (Å²) in [6.07, 6.45) is -30.3. The van der Waals surface area contributed by atoms with Crippen LogP contribution < -0.4 is 37.2 Å². The van der Waals surface area contributed by atoms with E-state index in [1.54, 1.807) is 30.3 Å². The minimum absolute atomic E-state index is 0.0190. The number of nitrogens with zero attached hydrogens (tertiary/aromatic N) is 1. The summed E-state index contributed by atoms with van der Waals surface area (Å²) in [4.78, 5) is 95.4. The molecule has 0 aliphatic carbocycles. The Morgan fingerprint density at radius 1 is 0.430 bits per heavy atom. The van der Waals surface area contributed by atoms with Crippen molar-refractivity contribution in [1.82, 2.24) is 42.1 Å². The van der Waals surface area contributed by atoms with Gasteiger partial charge in [0.15, 0.2) is 25.2 Å². The molecule has 4 saturated heterocycles. The number of amides is 7. The van der Waals surface area contributed by atoms with Crippen molar-refractivity contribution in [3.8, 4) is 0 Å². The molecule has 4 aliphatic heterocycles. The van der Waals surface area contributed by atoms with Crippen LogP contribution in [0.2, 0.25) is 0 Å². The van der Waals surface area contributed by atoms with Crippen molar-refractivity contribution in [2.75, 3.05) is 98.6 Å². The summed E-state index contributed by atoms with van der Waals surface area (Å²) in [5.74, 6) is -3.88. The summed E-state index contributed by atoms with van der Waals surface area (Å²) < 4.78 is 48.7. The quantitative estimate of drug-likeness (QED) is 0.0270. The molecule has 0 spiro atoms. The molecule has 39 nitrogen and oxygen atoms in total. The second kappa shape index (κ2) is 44.8. The number of rotatable bonds is 43. The number of hydrogen-bond acceptors (Lipinski definition) is 32. The van der Waals surface area contributed by atoms with E-state index in [1.807, 2.05) is 0 Å². The van der Waals surface area contributed by atoms with Crippen molar-refractivity contribution < 1.29 is 153 Å². The first-order valence-electron chi connectivity index (χ1n) is 33.2. The van der Waals surface area contributed by atoms with Gasteiger partial charge in [-0.15, -0.1) is 0 Å². The Balaban J connectivity index is 1.19. The van der Waals surface area contributed by atoms with Gasteiger partial charge in [-0.2, -0.15) is 0 Å². The summed E-state index contributed by atoms with van der Waals surface area (Å²) in [5, 5.41) is 170. The normalized spacial score (nSPS) is 30.5. The Labute approximate surface area is 575 Å². The lowest BCUT2D eigenvalue weighted by molar-refractivity contribution is -0.300. The number of ether oxygens (including phenoxy) is 9. The molecule has 39 heteroatoms. The Morgan fingerprint density at radius 2 is 0.830 bits per heavy atom. The Kier molecular flexibility index (Phi) is 38.1. The van der Waals surface area contributed by atoms with Crippen molar-refractivity contribution >= 4 is 41.5 Å². The van der Waals surface area contributed by atoms with Crippen molar-refractivity contribution in [2.45, 2.75) is 206 Å². The molecule has 0 radical (unpaired) electrons. The minimum Gasteiger partial charge on any atom is -0.445 e. The standard InChI is InChI=1S/C61H102N8O31/c1-32-43(77)47(81)51(85)57(97-32)92-22-18-63-39(73)13-6-3-8-17-66-55(89)34(68-61(91)96-31-33-10-4-2-5-11-33)14-15-40(74)62-16-9-7-12-35(56(90)67-21-25-95-60-54(88)50(84)46(80)38(30-72)100-60)69(26-41(75)64-19-23-93-58-52(86)48(82)44(78)36(28-70)98-58)27-42(76)65-20-24-94-59-53(87)49(83)45(79)37(29-71)99-59/h2,4-5,10-11,32,34-38,43-54,57-60,70-72,77-88H,3,6-9,12-31H2,1H3,(H,62,74)(H,63,73)(H,64,75)(H,65,76)(H,66,89)(H,67,90)(H,68,91)/t32-,34-,35-,36+,37+,38+,43+,44+,45+,46+,47+,48-,49-,50-,51-,52-,53-,54-,57+,58-,59-,60-/m0/s1. The zero-order valence-corrected chi connectivity index (χ0v) is 55.5. The predicted molar refractivity (Wildman–Crippen MR) is 336 cm³/mol. The summed E-state index contributed by atoms with van der Waals surface area (Å²) in [7, 11) is 0. The van der Waals surface area contributed by atoms with E-state index < -0.39 is 210 Å². The van der Waals surface area contributed by atoms with E-state index in [-0.39, 0.29) is 110 Å². The first-order valence-corrected chi connectivity index (χ1v) is 33.2. The van der Waals surface area contributed by atoms with Gasteiger partial charge in [-0.3, -0.25) is 33.7 Å². The average molecular weight is 1440 g/mol. The molecule has 7 amide bonds. The molecular formula is C61H102N8O31. The highest BCUT2D eigenvalue weighted by Gasteiger charge is 2.47. The zero-order chi connectivity index (χ0) is 73.4. The third-order valence-electron chi connectivity index (χ3n) is 16.7. The minimum atomic E-state index is -1.78. The molecule has 22 atom stereocenters. The molecule has 100 heavy (non-hydrogen) atoms. The van der Waals surface area contributed by atoms with Crippen LogP contribution in [0, 0.1) is 0 Å². The lowest BCUT2D eigenvalue weighted by atomic mass is 9.99. The Hall–Kier alpha value is -5.65. The van der Waals surface area contributed by atoms with Gasteiger partial charge in [0.05, 0.1) is 71.5 Å². The van der Waals surface area contributed by atoms with E-state index in [0.717, 1.165) is 0 Å². The molecule has 0 bridgehead atoms. The van der Waals surface area contributed by atoms with Gasteiger partial charge in [0, 0.05) is 52.1 Å². The molecule has 4 aliphatic rings. The van der Waals surface area contributed by atoms with Crippen LogP contribution in [-0.2, 0) is 78.0 Å². The van der Waals surface area contributed by atoms with Crippen molar-refractivity contribution in [3.05, 3.63) is 35.9 Å². The molecule has 572 valence electrons. The van der Waals surface area contributed by atoms with Crippen molar-refractivity contribution in [3.63, 3.8) is 0 Å². The maximum atomic E-state index is 14.3. The van der Waals surface area contributed by atoms with E-state index in [9.17, 15) is 110 Å². The highest BCUT2D eigenvalue weighted by molar-refractivity contribution is 5.87. The summed E-state index contributed by atoms with van der Waals surface area (Å²) >= 11 is 0. The molecule has 0 saturated carbocycles. The summed E-state index contributed by atoms with van der Waals surface area (Å²) in [6.45, 7) is -4.19. The van der Waals surface area contributed by atoms with Gasteiger partial charge in [0.25, 0.3) is 0 Å². The third-order valence-corrected chi connectivity index (χ3v) is 16.7. The van der Waals surface area contributed by atoms with Gasteiger partial charge in [0.1, 0.15) is 104 Å². The Morgan fingerprint density at radius 3 is 1.31 bits per heavy atom. The van der Waals surface area contributed by atoms with Crippen LogP contribution in [0.4, 0.5) is 4.79 Å². The second-order valence-electron chi connectivity index (χ2n) is 24.3. The largest absolute Gasteiger partial charge is 0.445 e.